The summed E-state index contributed by atoms with van der Waals surface area (Å²) in [5, 5.41) is 2.82. The first-order valence-corrected chi connectivity index (χ1v) is 10.1. The molecule has 3 N–H and O–H groups in total. The number of amides is 1. The molecule has 6 nitrogen and oxygen atoms in total. The quantitative estimate of drug-likeness (QED) is 0.566. The molecule has 0 aliphatic heterocycles. The summed E-state index contributed by atoms with van der Waals surface area (Å²) in [7, 11) is 0. The van der Waals surface area contributed by atoms with Crippen molar-refractivity contribution in [2.45, 2.75) is 46.5 Å². The molecule has 1 amide bonds. The number of unbranched alkanes of at least 4 members (excludes halogenated alkanes) is 3. The second-order valence-electron chi connectivity index (χ2n) is 6.30. The number of nitrogens with one attached hydrogen (secondary N) is 1. The Morgan fingerprint density at radius 2 is 2.00 bits per heavy atom. The number of ether oxygens (including phenoxy) is 1. The van der Waals surface area contributed by atoms with Crippen LogP contribution in [0, 0.1) is 6.92 Å². The molecule has 27 heavy (non-hydrogen) atoms. The molecule has 2 rings (SSSR count). The molecule has 146 valence electrons. The van der Waals surface area contributed by atoms with Crippen LogP contribution in [0.2, 0.25) is 0 Å². The lowest BCUT2D eigenvalue weighted by molar-refractivity contribution is 0.0955. The van der Waals surface area contributed by atoms with Crippen molar-refractivity contribution in [3.8, 4) is 17.0 Å². The van der Waals surface area contributed by atoms with Gasteiger partial charge >= 0.3 is 0 Å². The fourth-order valence-electron chi connectivity index (χ4n) is 2.83. The maximum atomic E-state index is 12.6. The van der Waals surface area contributed by atoms with Crippen LogP contribution in [-0.4, -0.2) is 29.0 Å². The number of carbonyl (C=O) groups is 1. The lowest BCUT2D eigenvalue weighted by Gasteiger charge is -2.16. The van der Waals surface area contributed by atoms with E-state index in [1.807, 2.05) is 25.1 Å². The first-order valence-electron chi connectivity index (χ1n) is 9.32. The topological polar surface area (TPSA) is 90.1 Å². The van der Waals surface area contributed by atoms with E-state index in [1.54, 1.807) is 6.92 Å². The summed E-state index contributed by atoms with van der Waals surface area (Å²) < 4.78 is 6.88. The number of benzene rings is 1. The monoisotopic (exact) mass is 434 g/mol. The van der Waals surface area contributed by atoms with Crippen molar-refractivity contribution in [2.75, 3.05) is 18.9 Å². The zero-order valence-corrected chi connectivity index (χ0v) is 17.7. The highest BCUT2D eigenvalue weighted by Crippen LogP contribution is 2.35. The average Bonchev–Trinajstić information content (AvgIpc) is 2.62. The fraction of sp³-hybridized carbons (Fsp3) is 0.450. The minimum absolute atomic E-state index is 0.129. The van der Waals surface area contributed by atoms with Crippen molar-refractivity contribution in [3.63, 3.8) is 0 Å². The van der Waals surface area contributed by atoms with Crippen molar-refractivity contribution in [3.05, 3.63) is 33.9 Å². The third-order valence-corrected chi connectivity index (χ3v) is 4.62. The number of carbonyl (C=O) groups excluding carboxylic acids is 1. The van der Waals surface area contributed by atoms with Gasteiger partial charge in [-0.1, -0.05) is 42.1 Å². The fourth-order valence-corrected chi connectivity index (χ4v) is 3.20. The Balaban J connectivity index is 2.44. The summed E-state index contributed by atoms with van der Waals surface area (Å²) >= 11 is 3.49. The summed E-state index contributed by atoms with van der Waals surface area (Å²) in [5.41, 5.74) is 8.04. The molecule has 0 unspecified atom stereocenters. The Kier molecular flexibility index (Phi) is 8.03. The van der Waals surface area contributed by atoms with E-state index in [9.17, 15) is 4.79 Å². The van der Waals surface area contributed by atoms with E-state index in [1.165, 1.54) is 12.8 Å². The SMILES string of the molecule is CCCCCCOc1ccc(Br)cc1-c1nc(N)nc(C)c1C(=O)NCC. The average molecular weight is 435 g/mol. The van der Waals surface area contributed by atoms with Gasteiger partial charge in [0.2, 0.25) is 5.95 Å². The predicted octanol–water partition coefficient (Wildman–Crippen LogP) is 4.51. The molecule has 0 spiro atoms. The molecule has 0 aliphatic carbocycles. The highest BCUT2D eigenvalue weighted by molar-refractivity contribution is 9.10. The summed E-state index contributed by atoms with van der Waals surface area (Å²) in [4.78, 5) is 21.2. The van der Waals surface area contributed by atoms with E-state index in [0.717, 1.165) is 22.9 Å². The van der Waals surface area contributed by atoms with Crippen molar-refractivity contribution < 1.29 is 9.53 Å². The molecule has 0 saturated heterocycles. The number of nitrogen functional groups attached to an aromatic ring is 1. The molecule has 7 heteroatoms. The van der Waals surface area contributed by atoms with Gasteiger partial charge in [-0.25, -0.2) is 9.97 Å². The highest BCUT2D eigenvalue weighted by atomic mass is 79.9. The minimum atomic E-state index is -0.223. The Labute approximate surface area is 169 Å². The molecule has 0 atom stereocenters. The van der Waals surface area contributed by atoms with Gasteiger partial charge < -0.3 is 15.8 Å². The molecular weight excluding hydrogens is 408 g/mol. The molecular formula is C20H27BrN4O2. The number of anilines is 1. The molecule has 1 aromatic carbocycles. The van der Waals surface area contributed by atoms with Gasteiger partial charge in [0.25, 0.3) is 5.91 Å². The summed E-state index contributed by atoms with van der Waals surface area (Å²) in [6.45, 7) is 6.94. The molecule has 0 fully saturated rings. The van der Waals surface area contributed by atoms with Crippen LogP contribution in [0.25, 0.3) is 11.3 Å². The van der Waals surface area contributed by atoms with Crippen LogP contribution in [0.5, 0.6) is 5.75 Å². The van der Waals surface area contributed by atoms with E-state index in [4.69, 9.17) is 10.5 Å². The van der Waals surface area contributed by atoms with E-state index in [-0.39, 0.29) is 11.9 Å². The third-order valence-electron chi connectivity index (χ3n) is 4.12. The van der Waals surface area contributed by atoms with Gasteiger partial charge in [-0.05, 0) is 38.5 Å². The first-order chi connectivity index (χ1) is 13.0. The van der Waals surface area contributed by atoms with Crippen LogP contribution < -0.4 is 15.8 Å². The Bertz CT molecular complexity index is 796. The highest BCUT2D eigenvalue weighted by Gasteiger charge is 2.22. The number of nitrogens with two attached hydrogens (primary N) is 1. The summed E-state index contributed by atoms with van der Waals surface area (Å²) in [5.74, 6) is 0.584. The molecule has 1 heterocycles. The second-order valence-corrected chi connectivity index (χ2v) is 7.22. The van der Waals surface area contributed by atoms with Crippen molar-refractivity contribution in [1.29, 1.82) is 0 Å². The van der Waals surface area contributed by atoms with Crippen molar-refractivity contribution in [1.82, 2.24) is 15.3 Å². The number of halogens is 1. The summed E-state index contributed by atoms with van der Waals surface area (Å²) in [6, 6.07) is 5.69. The molecule has 0 saturated carbocycles. The number of aromatic nitrogens is 2. The third kappa shape index (κ3) is 5.66. The van der Waals surface area contributed by atoms with Crippen LogP contribution in [0.4, 0.5) is 5.95 Å². The smallest absolute Gasteiger partial charge is 0.255 e. The maximum Gasteiger partial charge on any atom is 0.255 e. The van der Waals surface area contributed by atoms with Crippen molar-refractivity contribution in [2.24, 2.45) is 0 Å². The lowest BCUT2D eigenvalue weighted by Crippen LogP contribution is -2.25. The number of hydrogen-bond acceptors (Lipinski definition) is 5. The molecule has 0 aliphatic rings. The van der Waals surface area contributed by atoms with Gasteiger partial charge in [-0.15, -0.1) is 0 Å². The van der Waals surface area contributed by atoms with Crippen molar-refractivity contribution >= 4 is 27.8 Å². The molecule has 2 aromatic rings. The van der Waals surface area contributed by atoms with Gasteiger partial charge in [0.05, 0.1) is 23.6 Å². The largest absolute Gasteiger partial charge is 0.493 e. The summed E-state index contributed by atoms with van der Waals surface area (Å²) in [6.07, 6.45) is 4.49. The number of hydrogen-bond donors (Lipinski definition) is 2. The first kappa shape index (κ1) is 21.2. The van der Waals surface area contributed by atoms with E-state index >= 15 is 0 Å². The van der Waals surface area contributed by atoms with Crippen LogP contribution in [0.3, 0.4) is 0 Å². The number of rotatable bonds is 9. The number of nitrogens with zero attached hydrogens (tertiary/aromatic N) is 2. The van der Waals surface area contributed by atoms with E-state index in [2.05, 4.69) is 38.1 Å². The lowest BCUT2D eigenvalue weighted by atomic mass is 10.0. The Hall–Kier alpha value is -2.15. The predicted molar refractivity (Wildman–Crippen MR) is 112 cm³/mol. The van der Waals surface area contributed by atoms with Gasteiger partial charge in [0, 0.05) is 16.6 Å². The van der Waals surface area contributed by atoms with Crippen LogP contribution >= 0.6 is 15.9 Å². The second kappa shape index (κ2) is 10.3. The van der Waals surface area contributed by atoms with E-state index in [0.29, 0.717) is 35.9 Å². The molecule has 1 aromatic heterocycles. The standard InChI is InChI=1S/C20H27BrN4O2/c1-4-6-7-8-11-27-16-10-9-14(21)12-15(16)18-17(19(26)23-5-2)13(3)24-20(22)25-18/h9-10,12H,4-8,11H2,1-3H3,(H,23,26)(H2,22,24,25). The zero-order valence-electron chi connectivity index (χ0n) is 16.1. The minimum Gasteiger partial charge on any atom is -0.493 e. The maximum absolute atomic E-state index is 12.6. The van der Waals surface area contributed by atoms with Crippen LogP contribution in [0.15, 0.2) is 22.7 Å². The zero-order chi connectivity index (χ0) is 19.8. The van der Waals surface area contributed by atoms with Crippen LogP contribution in [-0.2, 0) is 0 Å². The molecule has 0 bridgehead atoms. The van der Waals surface area contributed by atoms with E-state index < -0.39 is 0 Å². The normalized spacial score (nSPS) is 10.7. The Morgan fingerprint density at radius 3 is 2.70 bits per heavy atom. The number of aryl methyl sites for hydroxylation is 1. The van der Waals surface area contributed by atoms with Gasteiger partial charge in [-0.2, -0.15) is 0 Å². The molecule has 0 radical (unpaired) electrons. The Morgan fingerprint density at radius 1 is 1.22 bits per heavy atom. The van der Waals surface area contributed by atoms with Gasteiger partial charge in [0.15, 0.2) is 0 Å². The van der Waals surface area contributed by atoms with Gasteiger partial charge in [0.1, 0.15) is 5.75 Å². The van der Waals surface area contributed by atoms with Crippen LogP contribution in [0.1, 0.15) is 55.6 Å². The van der Waals surface area contributed by atoms with Gasteiger partial charge in [-0.3, -0.25) is 4.79 Å².